The van der Waals surface area contributed by atoms with E-state index in [2.05, 4.69) is 5.32 Å². The number of amides is 1. The summed E-state index contributed by atoms with van der Waals surface area (Å²) in [7, 11) is -1.42. The SMILES string of the molecule is COC(=O)c1ccc(C(=O)OC)c(NC(=O)C2CCCN(S(=O)(=O)Cc3c(Cl)cccc3Cl)C2)c1. The summed E-state index contributed by atoms with van der Waals surface area (Å²) in [6.07, 6.45) is 0.897. The number of hydrogen-bond donors (Lipinski definition) is 1. The lowest BCUT2D eigenvalue weighted by Gasteiger charge is -2.31. The summed E-state index contributed by atoms with van der Waals surface area (Å²) >= 11 is 12.3. The maximum Gasteiger partial charge on any atom is 0.339 e. The summed E-state index contributed by atoms with van der Waals surface area (Å²) in [5, 5.41) is 3.13. The molecule has 1 heterocycles. The zero-order chi connectivity index (χ0) is 25.8. The molecule has 2 aromatic carbocycles. The van der Waals surface area contributed by atoms with Crippen LogP contribution in [0.1, 0.15) is 39.1 Å². The van der Waals surface area contributed by atoms with Crippen LogP contribution in [0, 0.1) is 5.92 Å². The Balaban J connectivity index is 1.80. The molecule has 1 fully saturated rings. The second-order valence-corrected chi connectivity index (χ2v) is 10.7. The smallest absolute Gasteiger partial charge is 0.339 e. The van der Waals surface area contributed by atoms with Crippen LogP contribution in [-0.4, -0.2) is 57.9 Å². The topological polar surface area (TPSA) is 119 Å². The van der Waals surface area contributed by atoms with E-state index in [9.17, 15) is 22.8 Å². The third-order valence-corrected chi connectivity index (χ3v) is 8.12. The molecule has 1 aliphatic rings. The predicted octanol–water partition coefficient (Wildman–Crippen LogP) is 3.75. The zero-order valence-electron chi connectivity index (χ0n) is 19.0. The van der Waals surface area contributed by atoms with E-state index in [0.29, 0.717) is 18.4 Å². The number of ether oxygens (including phenoxy) is 2. The number of anilines is 1. The van der Waals surface area contributed by atoms with Gasteiger partial charge in [0.15, 0.2) is 0 Å². The molecule has 0 radical (unpaired) electrons. The molecule has 188 valence electrons. The van der Waals surface area contributed by atoms with E-state index < -0.39 is 39.5 Å². The average Bonchev–Trinajstić information content (AvgIpc) is 2.85. The van der Waals surface area contributed by atoms with Crippen LogP contribution in [0.4, 0.5) is 5.69 Å². The van der Waals surface area contributed by atoms with Crippen LogP contribution in [0.3, 0.4) is 0 Å². The van der Waals surface area contributed by atoms with Crippen LogP contribution in [0.5, 0.6) is 0 Å². The maximum absolute atomic E-state index is 13.1. The van der Waals surface area contributed by atoms with Crippen molar-refractivity contribution < 1.29 is 32.3 Å². The van der Waals surface area contributed by atoms with Crippen LogP contribution in [0.15, 0.2) is 36.4 Å². The Morgan fingerprint density at radius 2 is 1.71 bits per heavy atom. The molecule has 0 aromatic heterocycles. The summed E-state index contributed by atoms with van der Waals surface area (Å²) in [5.74, 6) is -2.93. The van der Waals surface area contributed by atoms with Crippen molar-refractivity contribution in [2.24, 2.45) is 5.92 Å². The monoisotopic (exact) mass is 542 g/mol. The Bertz CT molecular complexity index is 1230. The molecule has 2 aromatic rings. The van der Waals surface area contributed by atoms with Gasteiger partial charge in [-0.05, 0) is 43.2 Å². The number of rotatable bonds is 7. The van der Waals surface area contributed by atoms with E-state index in [-0.39, 0.29) is 39.9 Å². The number of esters is 2. The Labute approximate surface area is 213 Å². The van der Waals surface area contributed by atoms with Gasteiger partial charge in [0.1, 0.15) is 0 Å². The summed E-state index contributed by atoms with van der Waals surface area (Å²) < 4.78 is 36.9. The first-order chi connectivity index (χ1) is 16.6. The largest absolute Gasteiger partial charge is 0.465 e. The molecule has 1 unspecified atom stereocenters. The van der Waals surface area contributed by atoms with E-state index in [1.165, 1.54) is 36.7 Å². The number of halogens is 2. The number of sulfonamides is 1. The maximum atomic E-state index is 13.1. The van der Waals surface area contributed by atoms with Gasteiger partial charge in [-0.1, -0.05) is 29.3 Å². The fraction of sp³-hybridized carbons (Fsp3) is 0.348. The van der Waals surface area contributed by atoms with Crippen LogP contribution < -0.4 is 5.32 Å². The summed E-state index contributed by atoms with van der Waals surface area (Å²) in [4.78, 5) is 37.1. The van der Waals surface area contributed by atoms with Gasteiger partial charge >= 0.3 is 11.9 Å². The third-order valence-electron chi connectivity index (χ3n) is 5.64. The number of benzene rings is 2. The molecule has 1 N–H and O–H groups in total. The lowest BCUT2D eigenvalue weighted by Crippen LogP contribution is -2.44. The van der Waals surface area contributed by atoms with Crippen molar-refractivity contribution in [1.82, 2.24) is 4.31 Å². The molecule has 3 rings (SSSR count). The average molecular weight is 543 g/mol. The second kappa shape index (κ2) is 11.4. The van der Waals surface area contributed by atoms with Crippen molar-refractivity contribution in [1.29, 1.82) is 0 Å². The summed E-state index contributed by atoms with van der Waals surface area (Å²) in [5.41, 5.74) is 0.527. The van der Waals surface area contributed by atoms with Gasteiger partial charge in [-0.15, -0.1) is 0 Å². The molecule has 0 saturated carbocycles. The number of methoxy groups -OCH3 is 2. The van der Waals surface area contributed by atoms with Crippen molar-refractivity contribution in [3.05, 3.63) is 63.1 Å². The molecule has 0 aliphatic carbocycles. The minimum absolute atomic E-state index is 0.0437. The molecule has 1 atom stereocenters. The highest BCUT2D eigenvalue weighted by molar-refractivity contribution is 7.88. The van der Waals surface area contributed by atoms with E-state index in [1.807, 2.05) is 0 Å². The van der Waals surface area contributed by atoms with Gasteiger partial charge in [-0.3, -0.25) is 4.79 Å². The first kappa shape index (κ1) is 26.9. The molecule has 1 saturated heterocycles. The van der Waals surface area contributed by atoms with Crippen molar-refractivity contribution in [2.45, 2.75) is 18.6 Å². The Morgan fingerprint density at radius 1 is 1.06 bits per heavy atom. The predicted molar refractivity (Wildman–Crippen MR) is 131 cm³/mol. The minimum atomic E-state index is -3.82. The summed E-state index contributed by atoms with van der Waals surface area (Å²) in [6.45, 7) is 0.194. The lowest BCUT2D eigenvalue weighted by molar-refractivity contribution is -0.120. The third kappa shape index (κ3) is 6.32. The number of nitrogens with zero attached hydrogens (tertiary/aromatic N) is 1. The number of carbonyl (C=O) groups is 3. The molecule has 1 aliphatic heterocycles. The first-order valence-corrected chi connectivity index (χ1v) is 13.0. The fourth-order valence-corrected chi connectivity index (χ4v) is 6.13. The van der Waals surface area contributed by atoms with Crippen molar-refractivity contribution in [3.8, 4) is 0 Å². The van der Waals surface area contributed by atoms with Gasteiger partial charge in [0.05, 0.1) is 42.7 Å². The molecular formula is C23H24Cl2N2O7S. The van der Waals surface area contributed by atoms with Gasteiger partial charge in [0.2, 0.25) is 15.9 Å². The highest BCUT2D eigenvalue weighted by Crippen LogP contribution is 2.29. The molecule has 0 spiro atoms. The normalized spacial score (nSPS) is 16.4. The quantitative estimate of drug-likeness (QED) is 0.529. The van der Waals surface area contributed by atoms with Crippen molar-refractivity contribution in [3.63, 3.8) is 0 Å². The highest BCUT2D eigenvalue weighted by atomic mass is 35.5. The molecule has 12 heteroatoms. The zero-order valence-corrected chi connectivity index (χ0v) is 21.4. The van der Waals surface area contributed by atoms with Crippen LogP contribution in [0.25, 0.3) is 0 Å². The lowest BCUT2D eigenvalue weighted by atomic mass is 9.98. The fourth-order valence-electron chi connectivity index (χ4n) is 3.77. The number of nitrogens with one attached hydrogen (secondary N) is 1. The summed E-state index contributed by atoms with van der Waals surface area (Å²) in [6, 6.07) is 8.78. The van der Waals surface area contributed by atoms with Crippen molar-refractivity contribution >= 4 is 56.8 Å². The van der Waals surface area contributed by atoms with E-state index in [4.69, 9.17) is 32.7 Å². The van der Waals surface area contributed by atoms with Gasteiger partial charge in [0, 0.05) is 28.7 Å². The van der Waals surface area contributed by atoms with Gasteiger partial charge in [0.25, 0.3) is 0 Å². The van der Waals surface area contributed by atoms with E-state index in [1.54, 1.807) is 18.2 Å². The standard InChI is InChI=1S/C23H24Cl2N2O7S/c1-33-22(29)14-8-9-16(23(30)34-2)20(11-14)26-21(28)15-5-4-10-27(12-15)35(31,32)13-17-18(24)6-3-7-19(17)25/h3,6-9,11,15H,4-5,10,12-13H2,1-2H3,(H,26,28). The molecule has 35 heavy (non-hydrogen) atoms. The number of piperidine rings is 1. The molecule has 9 nitrogen and oxygen atoms in total. The first-order valence-electron chi connectivity index (χ1n) is 10.6. The Hall–Kier alpha value is -2.66. The van der Waals surface area contributed by atoms with Crippen LogP contribution >= 0.6 is 23.2 Å². The second-order valence-electron chi connectivity index (χ2n) is 7.89. The molecule has 0 bridgehead atoms. The number of hydrogen-bond acceptors (Lipinski definition) is 7. The Morgan fingerprint density at radius 3 is 2.34 bits per heavy atom. The molecular weight excluding hydrogens is 519 g/mol. The van der Waals surface area contributed by atoms with Crippen LogP contribution in [0.2, 0.25) is 10.0 Å². The van der Waals surface area contributed by atoms with Gasteiger partial charge in [-0.2, -0.15) is 0 Å². The number of carbonyl (C=O) groups excluding carboxylic acids is 3. The Kier molecular flexibility index (Phi) is 8.76. The van der Waals surface area contributed by atoms with Crippen LogP contribution in [-0.2, 0) is 30.0 Å². The van der Waals surface area contributed by atoms with E-state index in [0.717, 1.165) is 0 Å². The minimum Gasteiger partial charge on any atom is -0.465 e. The van der Waals surface area contributed by atoms with Crippen molar-refractivity contribution in [2.75, 3.05) is 32.6 Å². The highest BCUT2D eigenvalue weighted by Gasteiger charge is 2.33. The molecule has 1 amide bonds. The van der Waals surface area contributed by atoms with Gasteiger partial charge < -0.3 is 14.8 Å². The van der Waals surface area contributed by atoms with Gasteiger partial charge in [-0.25, -0.2) is 22.3 Å². The van der Waals surface area contributed by atoms with E-state index >= 15 is 0 Å².